The molecule has 0 aliphatic heterocycles. The minimum absolute atomic E-state index is 0.172. The number of aryl methyl sites for hydroxylation is 1. The summed E-state index contributed by atoms with van der Waals surface area (Å²) in [5.41, 5.74) is 0.573. The smallest absolute Gasteiger partial charge is 0.312 e. The van der Waals surface area contributed by atoms with Crippen LogP contribution >= 0.6 is 0 Å². The largest absolute Gasteiger partial charge is 0.481 e. The summed E-state index contributed by atoms with van der Waals surface area (Å²) < 4.78 is 5.11. The molecule has 1 atom stereocenters. The van der Waals surface area contributed by atoms with Crippen molar-refractivity contribution in [2.45, 2.75) is 44.9 Å². The number of hydrogen-bond donors (Lipinski definition) is 1. The van der Waals surface area contributed by atoms with Crippen LogP contribution < -0.4 is 4.74 Å². The monoisotopic (exact) mass is 264 g/mol. The number of aromatic nitrogens is 2. The van der Waals surface area contributed by atoms with Crippen LogP contribution in [0.15, 0.2) is 6.07 Å². The second kappa shape index (κ2) is 5.99. The van der Waals surface area contributed by atoms with Gasteiger partial charge in [0.05, 0.1) is 12.8 Å². The van der Waals surface area contributed by atoms with Gasteiger partial charge in [0.25, 0.3) is 0 Å². The number of carbonyl (C=O) groups is 1. The van der Waals surface area contributed by atoms with Crippen molar-refractivity contribution in [3.63, 3.8) is 0 Å². The minimum atomic E-state index is -0.799. The minimum Gasteiger partial charge on any atom is -0.481 e. The van der Waals surface area contributed by atoms with Crippen LogP contribution in [0.2, 0.25) is 0 Å². The summed E-state index contributed by atoms with van der Waals surface area (Å²) in [5.74, 6) is -0.186. The summed E-state index contributed by atoms with van der Waals surface area (Å²) in [6, 6.07) is 1.65. The zero-order chi connectivity index (χ0) is 13.8. The summed E-state index contributed by atoms with van der Waals surface area (Å²) in [4.78, 5) is 20.0. The number of carboxylic acids is 1. The van der Waals surface area contributed by atoms with Crippen molar-refractivity contribution in [3.05, 3.63) is 17.6 Å². The number of aliphatic carboxylic acids is 1. The number of methoxy groups -OCH3 is 1. The van der Waals surface area contributed by atoms with Gasteiger partial charge in [0, 0.05) is 6.07 Å². The van der Waals surface area contributed by atoms with Gasteiger partial charge in [0.2, 0.25) is 5.88 Å². The fraction of sp³-hybridized carbons (Fsp3) is 0.643. The Morgan fingerprint density at radius 3 is 2.63 bits per heavy atom. The molecule has 1 aliphatic carbocycles. The Morgan fingerprint density at radius 1 is 1.37 bits per heavy atom. The zero-order valence-electron chi connectivity index (χ0n) is 11.4. The number of nitrogens with zero attached hydrogens (tertiary/aromatic N) is 2. The first-order chi connectivity index (χ1) is 9.11. The fourth-order valence-corrected chi connectivity index (χ4v) is 2.86. The highest BCUT2D eigenvalue weighted by Crippen LogP contribution is 2.36. The highest BCUT2D eigenvalue weighted by atomic mass is 16.5. The van der Waals surface area contributed by atoms with E-state index < -0.39 is 11.9 Å². The molecule has 1 heterocycles. The summed E-state index contributed by atoms with van der Waals surface area (Å²) in [6.07, 6.45) is 5.34. The van der Waals surface area contributed by atoms with Gasteiger partial charge in [-0.15, -0.1) is 0 Å². The third-order valence-corrected chi connectivity index (χ3v) is 3.75. The molecule has 0 radical (unpaired) electrons. The molecule has 1 saturated carbocycles. The maximum Gasteiger partial charge on any atom is 0.312 e. The van der Waals surface area contributed by atoms with Gasteiger partial charge < -0.3 is 9.84 Å². The Balaban J connectivity index is 2.32. The SMILES string of the molecule is COc1cc(C(C(=O)O)C2CCCCC2)nc(C)n1. The molecule has 2 rings (SSSR count). The lowest BCUT2D eigenvalue weighted by atomic mass is 9.78. The van der Waals surface area contributed by atoms with Crippen LogP contribution in [0.5, 0.6) is 5.88 Å². The molecule has 0 bridgehead atoms. The van der Waals surface area contributed by atoms with Gasteiger partial charge in [0.15, 0.2) is 0 Å². The molecular weight excluding hydrogens is 244 g/mol. The van der Waals surface area contributed by atoms with E-state index in [1.165, 1.54) is 13.5 Å². The van der Waals surface area contributed by atoms with Crippen molar-refractivity contribution >= 4 is 5.97 Å². The lowest BCUT2D eigenvalue weighted by molar-refractivity contribution is -0.140. The Hall–Kier alpha value is -1.65. The van der Waals surface area contributed by atoms with Gasteiger partial charge >= 0.3 is 5.97 Å². The van der Waals surface area contributed by atoms with E-state index >= 15 is 0 Å². The van der Waals surface area contributed by atoms with Crippen molar-refractivity contribution in [1.82, 2.24) is 9.97 Å². The lowest BCUT2D eigenvalue weighted by Crippen LogP contribution is -2.25. The standard InChI is InChI=1S/C14H20N2O3/c1-9-15-11(8-12(16-9)19-2)13(14(17)18)10-6-4-3-5-7-10/h8,10,13H,3-7H2,1-2H3,(H,17,18). The molecule has 0 spiro atoms. The molecule has 5 nitrogen and oxygen atoms in total. The summed E-state index contributed by atoms with van der Waals surface area (Å²) >= 11 is 0. The molecular formula is C14H20N2O3. The second-order valence-corrected chi connectivity index (χ2v) is 5.10. The van der Waals surface area contributed by atoms with Crippen LogP contribution in [-0.4, -0.2) is 28.2 Å². The average molecular weight is 264 g/mol. The summed E-state index contributed by atoms with van der Waals surface area (Å²) in [5, 5.41) is 9.53. The van der Waals surface area contributed by atoms with Crippen molar-refractivity contribution in [2.24, 2.45) is 5.92 Å². The van der Waals surface area contributed by atoms with Gasteiger partial charge in [-0.05, 0) is 25.7 Å². The normalized spacial score (nSPS) is 18.0. The highest BCUT2D eigenvalue weighted by Gasteiger charge is 2.32. The van der Waals surface area contributed by atoms with E-state index in [0.717, 1.165) is 25.7 Å². The van der Waals surface area contributed by atoms with E-state index in [9.17, 15) is 9.90 Å². The van der Waals surface area contributed by atoms with Crippen molar-refractivity contribution in [1.29, 1.82) is 0 Å². The first-order valence-corrected chi connectivity index (χ1v) is 6.74. The van der Waals surface area contributed by atoms with Crippen molar-refractivity contribution < 1.29 is 14.6 Å². The maximum absolute atomic E-state index is 11.6. The summed E-state index contributed by atoms with van der Waals surface area (Å²) in [7, 11) is 1.53. The van der Waals surface area contributed by atoms with Crippen LogP contribution in [0.4, 0.5) is 0 Å². The van der Waals surface area contributed by atoms with E-state index in [1.54, 1.807) is 13.0 Å². The molecule has 1 aliphatic rings. The molecule has 5 heteroatoms. The Labute approximate surface area is 113 Å². The second-order valence-electron chi connectivity index (χ2n) is 5.10. The third kappa shape index (κ3) is 3.22. The van der Waals surface area contributed by atoms with E-state index in [-0.39, 0.29) is 5.92 Å². The number of ether oxygens (including phenoxy) is 1. The lowest BCUT2D eigenvalue weighted by Gasteiger charge is -2.27. The fourth-order valence-electron chi connectivity index (χ4n) is 2.86. The van der Waals surface area contributed by atoms with Crippen molar-refractivity contribution in [3.8, 4) is 5.88 Å². The maximum atomic E-state index is 11.6. The quantitative estimate of drug-likeness (QED) is 0.904. The molecule has 1 aromatic rings. The first kappa shape index (κ1) is 13.8. The molecule has 1 fully saturated rings. The number of hydrogen-bond acceptors (Lipinski definition) is 4. The van der Waals surface area contributed by atoms with E-state index in [4.69, 9.17) is 4.74 Å². The van der Waals surface area contributed by atoms with Crippen LogP contribution in [0, 0.1) is 12.8 Å². The first-order valence-electron chi connectivity index (χ1n) is 6.74. The van der Waals surface area contributed by atoms with E-state index in [1.807, 2.05) is 0 Å². The molecule has 0 saturated heterocycles. The van der Waals surface area contributed by atoms with Gasteiger partial charge in [0.1, 0.15) is 11.7 Å². The zero-order valence-corrected chi connectivity index (χ0v) is 11.4. The molecule has 104 valence electrons. The molecule has 0 amide bonds. The predicted molar refractivity (Wildman–Crippen MR) is 70.3 cm³/mol. The van der Waals surface area contributed by atoms with E-state index in [2.05, 4.69) is 9.97 Å². The van der Waals surface area contributed by atoms with Crippen LogP contribution in [0.1, 0.15) is 49.5 Å². The molecule has 0 aromatic carbocycles. The molecule has 19 heavy (non-hydrogen) atoms. The van der Waals surface area contributed by atoms with Crippen LogP contribution in [0.3, 0.4) is 0 Å². The number of rotatable bonds is 4. The van der Waals surface area contributed by atoms with E-state index in [0.29, 0.717) is 17.4 Å². The molecule has 1 aromatic heterocycles. The Kier molecular flexibility index (Phi) is 4.35. The predicted octanol–water partition coefficient (Wildman–Crippen LogP) is 2.54. The van der Waals surface area contributed by atoms with Gasteiger partial charge in [-0.1, -0.05) is 19.3 Å². The summed E-state index contributed by atoms with van der Waals surface area (Å²) in [6.45, 7) is 1.76. The van der Waals surface area contributed by atoms with Crippen LogP contribution in [0.25, 0.3) is 0 Å². The third-order valence-electron chi connectivity index (χ3n) is 3.75. The Morgan fingerprint density at radius 2 is 2.05 bits per heavy atom. The number of carboxylic acid groups (broad SMARTS) is 1. The topological polar surface area (TPSA) is 72.3 Å². The van der Waals surface area contributed by atoms with Gasteiger partial charge in [-0.3, -0.25) is 4.79 Å². The average Bonchev–Trinajstić information content (AvgIpc) is 2.39. The Bertz CT molecular complexity index is 456. The molecule has 1 N–H and O–H groups in total. The van der Waals surface area contributed by atoms with Gasteiger partial charge in [-0.25, -0.2) is 4.98 Å². The highest BCUT2D eigenvalue weighted by molar-refractivity contribution is 5.76. The van der Waals surface area contributed by atoms with Crippen molar-refractivity contribution in [2.75, 3.05) is 7.11 Å². The van der Waals surface area contributed by atoms with Crippen LogP contribution in [-0.2, 0) is 4.79 Å². The van der Waals surface area contributed by atoms with Gasteiger partial charge in [-0.2, -0.15) is 4.98 Å². The molecule has 1 unspecified atom stereocenters.